The molecular weight excluding hydrogens is 262 g/mol. The molecule has 2 atom stereocenters. The fourth-order valence-corrected chi connectivity index (χ4v) is 3.06. The topological polar surface area (TPSA) is 38.3 Å². The van der Waals surface area contributed by atoms with Crippen molar-refractivity contribution in [2.45, 2.75) is 45.1 Å². The van der Waals surface area contributed by atoms with Gasteiger partial charge in [0.1, 0.15) is 5.75 Å². The Morgan fingerprint density at radius 2 is 2.24 bits per heavy atom. The summed E-state index contributed by atoms with van der Waals surface area (Å²) in [6.45, 7) is 4.39. The number of carbonyl (C=O) groups is 1. The Morgan fingerprint density at radius 1 is 1.38 bits per heavy atom. The zero-order valence-electron chi connectivity index (χ0n) is 12.8. The molecule has 21 heavy (non-hydrogen) atoms. The lowest BCUT2D eigenvalue weighted by molar-refractivity contribution is 0.0942. The van der Waals surface area contributed by atoms with Gasteiger partial charge in [0.05, 0.1) is 6.10 Å². The molecule has 0 aromatic heterocycles. The number of nitrogens with one attached hydrogen (secondary N) is 1. The van der Waals surface area contributed by atoms with Crippen molar-refractivity contribution in [1.82, 2.24) is 5.32 Å². The minimum Gasteiger partial charge on any atom is -0.490 e. The first-order valence-corrected chi connectivity index (χ1v) is 8.23. The Bertz CT molecular complexity index is 490. The first-order valence-electron chi connectivity index (χ1n) is 8.23. The molecule has 1 saturated carbocycles. The Balaban J connectivity index is 1.58. The summed E-state index contributed by atoms with van der Waals surface area (Å²) in [5, 5.41) is 3.44. The van der Waals surface area contributed by atoms with E-state index < -0.39 is 0 Å². The number of Topliss-reactive ketones (excluding diaryl/α,β-unsaturated/α-hetero) is 1. The van der Waals surface area contributed by atoms with Gasteiger partial charge in [-0.1, -0.05) is 19.1 Å². The molecule has 1 aromatic rings. The highest BCUT2D eigenvalue weighted by Gasteiger charge is 2.25. The molecule has 2 unspecified atom stereocenters. The highest BCUT2D eigenvalue weighted by Crippen LogP contribution is 2.28. The summed E-state index contributed by atoms with van der Waals surface area (Å²) < 4.78 is 5.78. The van der Waals surface area contributed by atoms with E-state index in [1.165, 1.54) is 12.8 Å². The number of hydrogen-bond donors (Lipinski definition) is 1. The van der Waals surface area contributed by atoms with Crippen LogP contribution >= 0.6 is 0 Å². The van der Waals surface area contributed by atoms with Gasteiger partial charge in [0, 0.05) is 12.0 Å². The van der Waals surface area contributed by atoms with Crippen LogP contribution in [0.1, 0.15) is 49.4 Å². The summed E-state index contributed by atoms with van der Waals surface area (Å²) in [5.74, 6) is 2.16. The highest BCUT2D eigenvalue weighted by molar-refractivity contribution is 5.96. The second-order valence-electron chi connectivity index (χ2n) is 6.56. The second-order valence-corrected chi connectivity index (χ2v) is 6.56. The molecule has 0 amide bonds. The van der Waals surface area contributed by atoms with Gasteiger partial charge in [-0.25, -0.2) is 0 Å². The molecule has 1 N–H and O–H groups in total. The molecule has 0 bridgehead atoms. The van der Waals surface area contributed by atoms with Crippen molar-refractivity contribution in [3.8, 4) is 5.75 Å². The quantitative estimate of drug-likeness (QED) is 0.815. The van der Waals surface area contributed by atoms with E-state index in [0.29, 0.717) is 24.4 Å². The number of benzene rings is 1. The highest BCUT2D eigenvalue weighted by atomic mass is 16.5. The van der Waals surface area contributed by atoms with E-state index in [-0.39, 0.29) is 5.78 Å². The molecule has 2 aliphatic rings. The zero-order chi connectivity index (χ0) is 14.7. The average Bonchev–Trinajstić information content (AvgIpc) is 3.32. The maximum Gasteiger partial charge on any atom is 0.163 e. The van der Waals surface area contributed by atoms with Crippen LogP contribution in [0.25, 0.3) is 0 Å². The summed E-state index contributed by atoms with van der Waals surface area (Å²) in [6.07, 6.45) is 5.77. The third-order valence-corrected chi connectivity index (χ3v) is 4.63. The first-order chi connectivity index (χ1) is 10.2. The van der Waals surface area contributed by atoms with Gasteiger partial charge >= 0.3 is 0 Å². The molecule has 1 aliphatic carbocycles. The molecule has 2 fully saturated rings. The molecule has 1 aromatic carbocycles. The second kappa shape index (κ2) is 6.61. The van der Waals surface area contributed by atoms with Crippen LogP contribution in [-0.2, 0) is 0 Å². The fourth-order valence-electron chi connectivity index (χ4n) is 3.06. The monoisotopic (exact) mass is 287 g/mol. The van der Waals surface area contributed by atoms with Crippen LogP contribution in [0.4, 0.5) is 0 Å². The van der Waals surface area contributed by atoms with Gasteiger partial charge in [-0.3, -0.25) is 4.79 Å². The van der Waals surface area contributed by atoms with Gasteiger partial charge in [-0.2, -0.15) is 0 Å². The first kappa shape index (κ1) is 14.6. The Kier molecular flexibility index (Phi) is 4.59. The smallest absolute Gasteiger partial charge is 0.163 e. The summed E-state index contributed by atoms with van der Waals surface area (Å²) in [6, 6.07) is 7.70. The lowest BCUT2D eigenvalue weighted by Crippen LogP contribution is -2.34. The minimum atomic E-state index is 0.245. The predicted octanol–water partition coefficient (Wildman–Crippen LogP) is 3.44. The Labute approximate surface area is 127 Å². The number of hydrogen-bond acceptors (Lipinski definition) is 3. The van der Waals surface area contributed by atoms with Crippen LogP contribution in [0.3, 0.4) is 0 Å². The van der Waals surface area contributed by atoms with Crippen molar-refractivity contribution >= 4 is 5.78 Å². The van der Waals surface area contributed by atoms with Crippen molar-refractivity contribution in [1.29, 1.82) is 0 Å². The van der Waals surface area contributed by atoms with Gasteiger partial charge in [0.25, 0.3) is 0 Å². The van der Waals surface area contributed by atoms with E-state index in [4.69, 9.17) is 4.74 Å². The predicted molar refractivity (Wildman–Crippen MR) is 83.8 cm³/mol. The molecule has 3 heteroatoms. The van der Waals surface area contributed by atoms with Crippen LogP contribution in [-0.4, -0.2) is 25.0 Å². The Morgan fingerprint density at radius 3 is 2.95 bits per heavy atom. The van der Waals surface area contributed by atoms with Crippen LogP contribution < -0.4 is 10.1 Å². The van der Waals surface area contributed by atoms with Gasteiger partial charge in [-0.15, -0.1) is 0 Å². The maximum atomic E-state index is 12.5. The molecule has 3 rings (SSSR count). The third-order valence-electron chi connectivity index (χ3n) is 4.63. The Hall–Kier alpha value is -1.35. The standard InChI is InChI=1S/C18H25NO2/c1-13(15-5-3-9-19-12-15)10-18(20)14-4-2-6-17(11-14)21-16-7-8-16/h2,4,6,11,13,15-16,19H,3,5,7-10,12H2,1H3. The van der Waals surface area contributed by atoms with Crippen LogP contribution in [0.2, 0.25) is 0 Å². The largest absolute Gasteiger partial charge is 0.490 e. The normalized spacial score (nSPS) is 23.6. The third kappa shape index (κ3) is 4.07. The van der Waals surface area contributed by atoms with Gasteiger partial charge in [-0.05, 0) is 62.7 Å². The minimum absolute atomic E-state index is 0.245. The lowest BCUT2D eigenvalue weighted by atomic mass is 9.83. The van der Waals surface area contributed by atoms with Gasteiger partial charge in [0.2, 0.25) is 0 Å². The van der Waals surface area contributed by atoms with Gasteiger partial charge in [0.15, 0.2) is 5.78 Å². The zero-order valence-corrected chi connectivity index (χ0v) is 12.8. The van der Waals surface area contributed by atoms with E-state index >= 15 is 0 Å². The van der Waals surface area contributed by atoms with Crippen molar-refractivity contribution in [2.24, 2.45) is 11.8 Å². The van der Waals surface area contributed by atoms with Crippen LogP contribution in [0.15, 0.2) is 24.3 Å². The maximum absolute atomic E-state index is 12.5. The van der Waals surface area contributed by atoms with Crippen molar-refractivity contribution in [2.75, 3.05) is 13.1 Å². The van der Waals surface area contributed by atoms with E-state index in [1.54, 1.807) is 0 Å². The molecule has 0 radical (unpaired) electrons. The number of ketones is 1. The van der Waals surface area contributed by atoms with E-state index in [9.17, 15) is 4.79 Å². The molecule has 1 heterocycles. The molecule has 114 valence electrons. The van der Waals surface area contributed by atoms with E-state index in [1.807, 2.05) is 24.3 Å². The molecular formula is C18H25NO2. The van der Waals surface area contributed by atoms with Crippen molar-refractivity contribution in [3.63, 3.8) is 0 Å². The van der Waals surface area contributed by atoms with Gasteiger partial charge < -0.3 is 10.1 Å². The van der Waals surface area contributed by atoms with Crippen molar-refractivity contribution < 1.29 is 9.53 Å². The number of piperidine rings is 1. The van der Waals surface area contributed by atoms with Crippen LogP contribution in [0.5, 0.6) is 5.75 Å². The number of rotatable bonds is 6. The average molecular weight is 287 g/mol. The summed E-state index contributed by atoms with van der Waals surface area (Å²) in [5.41, 5.74) is 0.795. The van der Waals surface area contributed by atoms with E-state index in [2.05, 4.69) is 12.2 Å². The fraction of sp³-hybridized carbons (Fsp3) is 0.611. The van der Waals surface area contributed by atoms with E-state index in [0.717, 1.165) is 37.2 Å². The van der Waals surface area contributed by atoms with Crippen LogP contribution in [0, 0.1) is 11.8 Å². The molecule has 0 spiro atoms. The summed E-state index contributed by atoms with van der Waals surface area (Å²) in [7, 11) is 0. The summed E-state index contributed by atoms with van der Waals surface area (Å²) in [4.78, 5) is 12.5. The lowest BCUT2D eigenvalue weighted by Gasteiger charge is -2.28. The molecule has 1 saturated heterocycles. The molecule has 3 nitrogen and oxygen atoms in total. The van der Waals surface area contributed by atoms with Crippen molar-refractivity contribution in [3.05, 3.63) is 29.8 Å². The number of carbonyl (C=O) groups excluding carboxylic acids is 1. The summed E-state index contributed by atoms with van der Waals surface area (Å²) >= 11 is 0. The molecule has 1 aliphatic heterocycles. The SMILES string of the molecule is CC(CC(=O)c1cccc(OC2CC2)c1)C1CCCNC1. The number of ether oxygens (including phenoxy) is 1.